The average Bonchev–Trinajstić information content (AvgIpc) is 2.88. The van der Waals surface area contributed by atoms with Crippen LogP contribution in [0.4, 0.5) is 0 Å². The summed E-state index contributed by atoms with van der Waals surface area (Å²) in [6, 6.07) is 7.35. The molecule has 22 heavy (non-hydrogen) atoms. The van der Waals surface area contributed by atoms with Crippen molar-refractivity contribution in [2.75, 3.05) is 13.1 Å². The molecule has 0 saturated carbocycles. The molecule has 0 aliphatic carbocycles. The molecule has 5 heteroatoms. The van der Waals surface area contributed by atoms with Gasteiger partial charge in [0.15, 0.2) is 0 Å². The number of rotatable bonds is 6. The molecule has 2 rings (SSSR count). The summed E-state index contributed by atoms with van der Waals surface area (Å²) in [5.74, 6) is 0.481. The summed E-state index contributed by atoms with van der Waals surface area (Å²) in [4.78, 5) is 14.7. The Kier molecular flexibility index (Phi) is 5.61. The second kappa shape index (κ2) is 7.45. The van der Waals surface area contributed by atoms with E-state index in [2.05, 4.69) is 19.0 Å². The van der Waals surface area contributed by atoms with Crippen LogP contribution in [0.5, 0.6) is 0 Å². The Morgan fingerprint density at radius 2 is 1.86 bits per heavy atom. The predicted molar refractivity (Wildman–Crippen MR) is 88.2 cm³/mol. The lowest BCUT2D eigenvalue weighted by Crippen LogP contribution is -2.33. The Bertz CT molecular complexity index is 646. The minimum absolute atomic E-state index is 0.0441. The Morgan fingerprint density at radius 3 is 2.45 bits per heavy atom. The maximum Gasteiger partial charge on any atom is 0.259 e. The van der Waals surface area contributed by atoms with Crippen LogP contribution >= 0.6 is 11.6 Å². The van der Waals surface area contributed by atoms with Gasteiger partial charge in [-0.2, -0.15) is 0 Å². The number of hydrogen-bond donors (Lipinski definition) is 0. The molecule has 1 amide bonds. The number of aromatic nitrogens is 1. The second-order valence-electron chi connectivity index (χ2n) is 5.23. The van der Waals surface area contributed by atoms with Crippen LogP contribution in [0.15, 0.2) is 28.8 Å². The van der Waals surface area contributed by atoms with Crippen molar-refractivity contribution in [3.8, 4) is 11.3 Å². The van der Waals surface area contributed by atoms with Crippen LogP contribution in [0.25, 0.3) is 11.3 Å². The fourth-order valence-electron chi connectivity index (χ4n) is 2.47. The molecular formula is C17H21ClN2O2. The summed E-state index contributed by atoms with van der Waals surface area (Å²) < 4.78 is 5.28. The third kappa shape index (κ3) is 3.33. The predicted octanol–water partition coefficient (Wildman–Crippen LogP) is 4.57. The number of carbonyl (C=O) groups excluding carboxylic acids is 1. The smallest absolute Gasteiger partial charge is 0.259 e. The van der Waals surface area contributed by atoms with Gasteiger partial charge in [-0.1, -0.05) is 48.8 Å². The van der Waals surface area contributed by atoms with Crippen molar-refractivity contribution in [1.82, 2.24) is 10.1 Å². The third-order valence-corrected chi connectivity index (χ3v) is 3.81. The van der Waals surface area contributed by atoms with Crippen LogP contribution in [-0.2, 0) is 0 Å². The summed E-state index contributed by atoms with van der Waals surface area (Å²) in [5, 5.41) is 4.62. The maximum atomic E-state index is 12.9. The molecule has 0 spiro atoms. The van der Waals surface area contributed by atoms with Crippen molar-refractivity contribution in [2.45, 2.75) is 33.6 Å². The second-order valence-corrected chi connectivity index (χ2v) is 5.64. The molecule has 0 aliphatic heterocycles. The molecule has 2 aromatic rings. The first-order valence-electron chi connectivity index (χ1n) is 7.60. The number of benzene rings is 1. The van der Waals surface area contributed by atoms with Crippen LogP contribution in [0, 0.1) is 6.92 Å². The van der Waals surface area contributed by atoms with Crippen LogP contribution < -0.4 is 0 Å². The Labute approximate surface area is 136 Å². The molecule has 0 atom stereocenters. The monoisotopic (exact) mass is 320 g/mol. The molecular weight excluding hydrogens is 300 g/mol. The minimum Gasteiger partial charge on any atom is -0.360 e. The zero-order chi connectivity index (χ0) is 16.1. The van der Waals surface area contributed by atoms with Crippen LogP contribution in [0.2, 0.25) is 5.02 Å². The number of hydrogen-bond acceptors (Lipinski definition) is 3. The lowest BCUT2D eigenvalue weighted by atomic mass is 10.0. The fraction of sp³-hybridized carbons (Fsp3) is 0.412. The maximum absolute atomic E-state index is 12.9. The Balaban J connectivity index is 2.45. The first-order valence-corrected chi connectivity index (χ1v) is 7.98. The standard InChI is InChI=1S/C17H21ClN2O2/c1-4-10-20(11-5-2)17(21)15-12(3)22-19-16(15)13-8-6-7-9-14(13)18/h6-9H,4-5,10-11H2,1-3H3. The van der Waals surface area contributed by atoms with E-state index < -0.39 is 0 Å². The van der Waals surface area contributed by atoms with Gasteiger partial charge in [0.1, 0.15) is 17.0 Å². The summed E-state index contributed by atoms with van der Waals surface area (Å²) in [6.45, 7) is 7.33. The van der Waals surface area contributed by atoms with Crippen molar-refractivity contribution >= 4 is 17.5 Å². The van der Waals surface area contributed by atoms with Crippen LogP contribution in [-0.4, -0.2) is 29.1 Å². The van der Waals surface area contributed by atoms with Crippen LogP contribution in [0.3, 0.4) is 0 Å². The van der Waals surface area contributed by atoms with Gasteiger partial charge < -0.3 is 9.42 Å². The highest BCUT2D eigenvalue weighted by atomic mass is 35.5. The number of aryl methyl sites for hydroxylation is 1. The molecule has 4 nitrogen and oxygen atoms in total. The van der Waals surface area contributed by atoms with E-state index in [-0.39, 0.29) is 5.91 Å². The molecule has 0 radical (unpaired) electrons. The quantitative estimate of drug-likeness (QED) is 0.783. The minimum atomic E-state index is -0.0441. The van der Waals surface area contributed by atoms with E-state index in [0.717, 1.165) is 31.5 Å². The number of carbonyl (C=O) groups is 1. The lowest BCUT2D eigenvalue weighted by molar-refractivity contribution is 0.0754. The molecule has 118 valence electrons. The normalized spacial score (nSPS) is 10.7. The summed E-state index contributed by atoms with van der Waals surface area (Å²) in [6.07, 6.45) is 1.83. The highest BCUT2D eigenvalue weighted by Gasteiger charge is 2.26. The molecule has 1 aromatic heterocycles. The van der Waals surface area contributed by atoms with Crippen molar-refractivity contribution in [3.63, 3.8) is 0 Å². The van der Waals surface area contributed by atoms with Gasteiger partial charge >= 0.3 is 0 Å². The number of halogens is 1. The average molecular weight is 321 g/mol. The number of nitrogens with zero attached hydrogens (tertiary/aromatic N) is 2. The summed E-state index contributed by atoms with van der Waals surface area (Å²) in [5.41, 5.74) is 1.75. The van der Waals surface area contributed by atoms with E-state index in [4.69, 9.17) is 16.1 Å². The van der Waals surface area contributed by atoms with E-state index in [0.29, 0.717) is 22.0 Å². The van der Waals surface area contributed by atoms with Gasteiger partial charge in [0.05, 0.1) is 5.02 Å². The van der Waals surface area contributed by atoms with E-state index >= 15 is 0 Å². The van der Waals surface area contributed by atoms with Gasteiger partial charge in [0.25, 0.3) is 5.91 Å². The van der Waals surface area contributed by atoms with Gasteiger partial charge in [-0.15, -0.1) is 0 Å². The van der Waals surface area contributed by atoms with E-state index in [1.165, 1.54) is 0 Å². The fourth-order valence-corrected chi connectivity index (χ4v) is 2.70. The van der Waals surface area contributed by atoms with Crippen molar-refractivity contribution in [1.29, 1.82) is 0 Å². The highest BCUT2D eigenvalue weighted by molar-refractivity contribution is 6.33. The molecule has 0 fully saturated rings. The van der Waals surface area contributed by atoms with Gasteiger partial charge in [0, 0.05) is 18.7 Å². The first-order chi connectivity index (χ1) is 10.6. The Hall–Kier alpha value is -1.81. The van der Waals surface area contributed by atoms with Crippen molar-refractivity contribution in [2.24, 2.45) is 0 Å². The summed E-state index contributed by atoms with van der Waals surface area (Å²) >= 11 is 6.24. The van der Waals surface area contributed by atoms with Crippen molar-refractivity contribution in [3.05, 3.63) is 40.6 Å². The topological polar surface area (TPSA) is 46.3 Å². The SMILES string of the molecule is CCCN(CCC)C(=O)c1c(-c2ccccc2Cl)noc1C. The molecule has 1 aromatic carbocycles. The Morgan fingerprint density at radius 1 is 1.23 bits per heavy atom. The van der Waals surface area contributed by atoms with E-state index in [9.17, 15) is 4.79 Å². The highest BCUT2D eigenvalue weighted by Crippen LogP contribution is 2.31. The molecule has 1 heterocycles. The number of amides is 1. The molecule has 0 unspecified atom stereocenters. The van der Waals surface area contributed by atoms with Crippen molar-refractivity contribution < 1.29 is 9.32 Å². The zero-order valence-electron chi connectivity index (χ0n) is 13.2. The zero-order valence-corrected chi connectivity index (χ0v) is 14.0. The molecule has 0 bridgehead atoms. The van der Waals surface area contributed by atoms with Crippen LogP contribution in [0.1, 0.15) is 42.8 Å². The first kappa shape index (κ1) is 16.6. The van der Waals surface area contributed by atoms with Gasteiger partial charge in [-0.25, -0.2) is 0 Å². The largest absolute Gasteiger partial charge is 0.360 e. The van der Waals surface area contributed by atoms with Gasteiger partial charge in [-0.3, -0.25) is 4.79 Å². The lowest BCUT2D eigenvalue weighted by Gasteiger charge is -2.21. The molecule has 0 saturated heterocycles. The molecule has 0 N–H and O–H groups in total. The third-order valence-electron chi connectivity index (χ3n) is 3.48. The van der Waals surface area contributed by atoms with Gasteiger partial charge in [0.2, 0.25) is 0 Å². The van der Waals surface area contributed by atoms with E-state index in [1.807, 2.05) is 23.1 Å². The van der Waals surface area contributed by atoms with Gasteiger partial charge in [-0.05, 0) is 25.8 Å². The van der Waals surface area contributed by atoms with E-state index in [1.54, 1.807) is 13.0 Å². The summed E-state index contributed by atoms with van der Waals surface area (Å²) in [7, 11) is 0. The molecule has 0 aliphatic rings.